The van der Waals surface area contributed by atoms with E-state index in [4.69, 9.17) is 4.74 Å². The largest absolute Gasteiger partial charge is 0.444 e. The smallest absolute Gasteiger partial charge is 0.408 e. The standard InChI is InChI=1S/C36H47N3O5/c1-6-8-9-10-11-14-22-39(34(42)31(25-40)38-35(43)44-36(3,4)5)32(29-19-15-16-26(7-2)23-29)33(41)37-30-21-20-27-17-12-13-18-28(27)24-30/h7,12-13,15-21,23-24,31-32,40H,2,6,8-11,14,22,25H2,1,3-5H3,(H,37,41)(H,38,43). The first-order chi connectivity index (χ1) is 21.1. The zero-order valence-corrected chi connectivity index (χ0v) is 26.5. The van der Waals surface area contributed by atoms with Crippen LogP contribution in [0.4, 0.5) is 10.5 Å². The fraction of sp³-hybridized carbons (Fsp3) is 0.417. The average molecular weight is 602 g/mol. The quantitative estimate of drug-likeness (QED) is 0.159. The van der Waals surface area contributed by atoms with Gasteiger partial charge in [0.1, 0.15) is 17.7 Å². The predicted molar refractivity (Wildman–Crippen MR) is 177 cm³/mol. The van der Waals surface area contributed by atoms with Crippen LogP contribution in [0.2, 0.25) is 0 Å². The van der Waals surface area contributed by atoms with E-state index in [1.807, 2.05) is 60.7 Å². The Kier molecular flexibility index (Phi) is 13.0. The van der Waals surface area contributed by atoms with E-state index in [9.17, 15) is 19.5 Å². The van der Waals surface area contributed by atoms with Gasteiger partial charge in [-0.2, -0.15) is 0 Å². The Bertz CT molecular complexity index is 1410. The van der Waals surface area contributed by atoms with Gasteiger partial charge in [0.15, 0.2) is 0 Å². The van der Waals surface area contributed by atoms with E-state index < -0.39 is 42.2 Å². The van der Waals surface area contributed by atoms with Crippen LogP contribution >= 0.6 is 0 Å². The number of alkyl carbamates (subject to hydrolysis) is 1. The number of aliphatic hydroxyl groups is 1. The Labute approximate surface area is 261 Å². The molecule has 3 N–H and O–H groups in total. The molecule has 3 aromatic rings. The molecule has 0 spiro atoms. The molecule has 8 nitrogen and oxygen atoms in total. The molecular formula is C36H47N3O5. The van der Waals surface area contributed by atoms with Crippen molar-refractivity contribution in [2.75, 3.05) is 18.5 Å². The van der Waals surface area contributed by atoms with Gasteiger partial charge in [0.2, 0.25) is 5.91 Å². The molecule has 3 rings (SSSR count). The number of aliphatic hydroxyl groups excluding tert-OH is 1. The molecule has 3 aromatic carbocycles. The van der Waals surface area contributed by atoms with Gasteiger partial charge in [-0.15, -0.1) is 0 Å². The number of hydrogen-bond acceptors (Lipinski definition) is 5. The van der Waals surface area contributed by atoms with Crippen molar-refractivity contribution in [3.63, 3.8) is 0 Å². The minimum absolute atomic E-state index is 0.256. The molecule has 2 unspecified atom stereocenters. The van der Waals surface area contributed by atoms with Crippen molar-refractivity contribution in [2.24, 2.45) is 0 Å². The lowest BCUT2D eigenvalue weighted by Crippen LogP contribution is -2.54. The SMILES string of the molecule is C=Cc1cccc(C(C(=O)Nc2ccc3ccccc3c2)N(CCCCCCCC)C(=O)C(CO)NC(=O)OC(C)(C)C)c1. The number of amides is 3. The molecule has 44 heavy (non-hydrogen) atoms. The van der Waals surface area contributed by atoms with Gasteiger partial charge >= 0.3 is 6.09 Å². The summed E-state index contributed by atoms with van der Waals surface area (Å²) in [5.41, 5.74) is 1.19. The molecular weight excluding hydrogens is 554 g/mol. The van der Waals surface area contributed by atoms with Crippen LogP contribution in [0.3, 0.4) is 0 Å². The molecule has 0 aliphatic carbocycles. The van der Waals surface area contributed by atoms with Crippen LogP contribution in [0.1, 0.15) is 83.4 Å². The van der Waals surface area contributed by atoms with Gasteiger partial charge in [-0.05, 0) is 67.3 Å². The van der Waals surface area contributed by atoms with Crippen molar-refractivity contribution in [3.8, 4) is 0 Å². The van der Waals surface area contributed by atoms with Crippen LogP contribution in [0.5, 0.6) is 0 Å². The van der Waals surface area contributed by atoms with E-state index in [1.54, 1.807) is 32.9 Å². The van der Waals surface area contributed by atoms with Crippen molar-refractivity contribution in [3.05, 3.63) is 84.4 Å². The molecule has 0 bridgehead atoms. The van der Waals surface area contributed by atoms with Crippen LogP contribution in [-0.4, -0.2) is 52.7 Å². The average Bonchev–Trinajstić information content (AvgIpc) is 2.99. The van der Waals surface area contributed by atoms with Crippen molar-refractivity contribution in [1.82, 2.24) is 10.2 Å². The lowest BCUT2D eigenvalue weighted by atomic mass is 9.99. The van der Waals surface area contributed by atoms with Gasteiger partial charge in [0.25, 0.3) is 5.91 Å². The molecule has 0 saturated carbocycles. The van der Waals surface area contributed by atoms with E-state index in [1.165, 1.54) is 4.90 Å². The minimum Gasteiger partial charge on any atom is -0.444 e. The Hall–Kier alpha value is -4.17. The molecule has 8 heteroatoms. The van der Waals surface area contributed by atoms with E-state index in [0.29, 0.717) is 17.7 Å². The van der Waals surface area contributed by atoms with Crippen LogP contribution < -0.4 is 10.6 Å². The van der Waals surface area contributed by atoms with E-state index >= 15 is 0 Å². The summed E-state index contributed by atoms with van der Waals surface area (Å²) in [6.07, 6.45) is 6.75. The summed E-state index contributed by atoms with van der Waals surface area (Å²) in [5, 5.41) is 17.8. The third-order valence-corrected chi connectivity index (χ3v) is 7.25. The predicted octanol–water partition coefficient (Wildman–Crippen LogP) is 7.24. The van der Waals surface area contributed by atoms with E-state index in [-0.39, 0.29) is 6.54 Å². The minimum atomic E-state index is -1.30. The Morgan fingerprint density at radius 3 is 2.32 bits per heavy atom. The van der Waals surface area contributed by atoms with E-state index in [2.05, 4.69) is 24.1 Å². The molecule has 0 radical (unpaired) electrons. The molecule has 0 saturated heterocycles. The third kappa shape index (κ3) is 10.2. The second kappa shape index (κ2) is 16.6. The number of nitrogens with zero attached hydrogens (tertiary/aromatic N) is 1. The van der Waals surface area contributed by atoms with Crippen molar-refractivity contribution in [1.29, 1.82) is 0 Å². The number of benzene rings is 3. The summed E-state index contributed by atoms with van der Waals surface area (Å²) in [4.78, 5) is 42.4. The monoisotopic (exact) mass is 601 g/mol. The first kappa shape index (κ1) is 34.3. The van der Waals surface area contributed by atoms with Gasteiger partial charge in [0, 0.05) is 12.2 Å². The van der Waals surface area contributed by atoms with Gasteiger partial charge in [0.05, 0.1) is 6.61 Å². The van der Waals surface area contributed by atoms with Gasteiger partial charge in [-0.1, -0.05) is 100 Å². The van der Waals surface area contributed by atoms with Crippen molar-refractivity contribution in [2.45, 2.75) is 83.9 Å². The molecule has 0 aliphatic heterocycles. The lowest BCUT2D eigenvalue weighted by molar-refractivity contribution is -0.141. The summed E-state index contributed by atoms with van der Waals surface area (Å²) >= 11 is 0. The number of fused-ring (bicyclic) bond motifs is 1. The second-order valence-electron chi connectivity index (χ2n) is 12.0. The number of carbonyl (C=O) groups excluding carboxylic acids is 3. The number of nitrogens with one attached hydrogen (secondary N) is 2. The van der Waals surface area contributed by atoms with Gasteiger partial charge in [-0.3, -0.25) is 9.59 Å². The van der Waals surface area contributed by atoms with Crippen molar-refractivity contribution < 1.29 is 24.2 Å². The fourth-order valence-corrected chi connectivity index (χ4v) is 5.07. The number of rotatable bonds is 15. The van der Waals surface area contributed by atoms with E-state index in [0.717, 1.165) is 48.4 Å². The normalized spacial score (nSPS) is 12.7. The Morgan fingerprint density at radius 1 is 0.932 bits per heavy atom. The lowest BCUT2D eigenvalue weighted by Gasteiger charge is -2.34. The number of hydrogen-bond donors (Lipinski definition) is 3. The third-order valence-electron chi connectivity index (χ3n) is 7.25. The van der Waals surface area contributed by atoms with Gasteiger partial charge in [-0.25, -0.2) is 4.79 Å². The first-order valence-corrected chi connectivity index (χ1v) is 15.5. The molecule has 0 heterocycles. The summed E-state index contributed by atoms with van der Waals surface area (Å²) < 4.78 is 5.35. The van der Waals surface area contributed by atoms with Crippen LogP contribution in [0.25, 0.3) is 16.8 Å². The van der Waals surface area contributed by atoms with Crippen LogP contribution in [0.15, 0.2) is 73.3 Å². The summed E-state index contributed by atoms with van der Waals surface area (Å²) in [6, 6.07) is 18.5. The highest BCUT2D eigenvalue weighted by molar-refractivity contribution is 6.00. The molecule has 3 amide bonds. The summed E-state index contributed by atoms with van der Waals surface area (Å²) in [5.74, 6) is -0.982. The molecule has 0 aliphatic rings. The van der Waals surface area contributed by atoms with Crippen LogP contribution in [0, 0.1) is 0 Å². The number of carbonyl (C=O) groups is 3. The highest BCUT2D eigenvalue weighted by Crippen LogP contribution is 2.27. The second-order valence-corrected chi connectivity index (χ2v) is 12.0. The molecule has 2 atom stereocenters. The fourth-order valence-electron chi connectivity index (χ4n) is 5.07. The Balaban J connectivity index is 1.99. The van der Waals surface area contributed by atoms with Crippen LogP contribution in [-0.2, 0) is 14.3 Å². The highest BCUT2D eigenvalue weighted by atomic mass is 16.6. The topological polar surface area (TPSA) is 108 Å². The molecule has 236 valence electrons. The zero-order chi connectivity index (χ0) is 32.1. The first-order valence-electron chi connectivity index (χ1n) is 15.5. The van der Waals surface area contributed by atoms with Gasteiger partial charge < -0.3 is 25.4 Å². The summed E-state index contributed by atoms with van der Waals surface area (Å²) in [7, 11) is 0. The zero-order valence-electron chi connectivity index (χ0n) is 26.5. The summed E-state index contributed by atoms with van der Waals surface area (Å²) in [6.45, 7) is 10.8. The highest BCUT2D eigenvalue weighted by Gasteiger charge is 2.36. The maximum absolute atomic E-state index is 14.2. The molecule has 0 fully saturated rings. The molecule has 0 aromatic heterocycles. The number of unbranched alkanes of at least 4 members (excludes halogenated alkanes) is 5. The number of anilines is 1. The maximum atomic E-state index is 14.2. The van der Waals surface area contributed by atoms with Crippen molar-refractivity contribution >= 4 is 40.4 Å². The Morgan fingerprint density at radius 2 is 1.64 bits per heavy atom. The number of ether oxygens (including phenoxy) is 1. The maximum Gasteiger partial charge on any atom is 0.408 e.